The summed E-state index contributed by atoms with van der Waals surface area (Å²) in [6.07, 6.45) is 1.09. The molecule has 0 radical (unpaired) electrons. The van der Waals surface area contributed by atoms with Crippen molar-refractivity contribution in [2.45, 2.75) is 32.1 Å². The number of carbonyl (C=O) groups is 2. The highest BCUT2D eigenvalue weighted by Gasteiger charge is 2.09. The van der Waals surface area contributed by atoms with Crippen molar-refractivity contribution in [2.75, 3.05) is 11.9 Å². The molecule has 104 valence electrons. The third-order valence-corrected chi connectivity index (χ3v) is 2.88. The molecule has 0 aromatic heterocycles. The summed E-state index contributed by atoms with van der Waals surface area (Å²) in [4.78, 5) is 22.9. The molecule has 0 aliphatic heterocycles. The summed E-state index contributed by atoms with van der Waals surface area (Å²) in [5.74, 6) is -0.383. The van der Waals surface area contributed by atoms with Crippen LogP contribution in [-0.2, 0) is 16.0 Å². The van der Waals surface area contributed by atoms with E-state index in [0.29, 0.717) is 0 Å². The lowest BCUT2D eigenvalue weighted by atomic mass is 10.1. The molecule has 0 bridgehead atoms. The first-order valence-electron chi connectivity index (χ1n) is 6.34. The van der Waals surface area contributed by atoms with Gasteiger partial charge in [-0.25, -0.2) is 0 Å². The van der Waals surface area contributed by atoms with Crippen molar-refractivity contribution < 1.29 is 9.59 Å². The second-order valence-corrected chi connectivity index (χ2v) is 4.87. The molecule has 0 aliphatic rings. The van der Waals surface area contributed by atoms with Gasteiger partial charge in [0.2, 0.25) is 11.8 Å². The van der Waals surface area contributed by atoms with Gasteiger partial charge >= 0.3 is 0 Å². The first-order valence-corrected chi connectivity index (χ1v) is 6.77. The van der Waals surface area contributed by atoms with Crippen molar-refractivity contribution in [3.05, 3.63) is 29.8 Å². The van der Waals surface area contributed by atoms with E-state index in [9.17, 15) is 9.59 Å². The van der Waals surface area contributed by atoms with Crippen LogP contribution < -0.4 is 10.6 Å². The Bertz CT molecular complexity index is 447. The molecule has 0 heterocycles. The Labute approximate surface area is 118 Å². The third kappa shape index (κ3) is 5.30. The molecule has 1 atom stereocenters. The molecule has 1 rings (SSSR count). The maximum absolute atomic E-state index is 11.7. The number of para-hydroxylation sites is 1. The van der Waals surface area contributed by atoms with Crippen LogP contribution in [0.4, 0.5) is 5.69 Å². The van der Waals surface area contributed by atoms with Crippen LogP contribution in [0, 0.1) is 0 Å². The van der Waals surface area contributed by atoms with Gasteiger partial charge in [-0.1, -0.05) is 25.1 Å². The second kappa shape index (κ2) is 7.79. The van der Waals surface area contributed by atoms with Crippen molar-refractivity contribution >= 4 is 29.1 Å². The molecule has 1 aromatic rings. The van der Waals surface area contributed by atoms with Crippen molar-refractivity contribution in [3.8, 4) is 0 Å². The lowest BCUT2D eigenvalue weighted by Gasteiger charge is -2.10. The number of hydrogen-bond donors (Lipinski definition) is 2. The first-order chi connectivity index (χ1) is 9.04. The van der Waals surface area contributed by atoms with Gasteiger partial charge in [0.15, 0.2) is 0 Å². The summed E-state index contributed by atoms with van der Waals surface area (Å²) < 4.78 is 0. The molecule has 5 heteroatoms. The van der Waals surface area contributed by atoms with E-state index >= 15 is 0 Å². The molecular weight excluding hydrogens is 264 g/mol. The molecule has 4 nitrogen and oxygen atoms in total. The average molecular weight is 283 g/mol. The quantitative estimate of drug-likeness (QED) is 0.787. The Hall–Kier alpha value is -1.55. The molecule has 0 fully saturated rings. The van der Waals surface area contributed by atoms with E-state index in [2.05, 4.69) is 10.6 Å². The summed E-state index contributed by atoms with van der Waals surface area (Å²) >= 11 is 5.60. The van der Waals surface area contributed by atoms with Crippen LogP contribution in [-0.4, -0.2) is 23.7 Å². The van der Waals surface area contributed by atoms with Crippen molar-refractivity contribution in [1.29, 1.82) is 0 Å². The number of amides is 2. The van der Waals surface area contributed by atoms with Gasteiger partial charge in [-0.05, 0) is 25.0 Å². The van der Waals surface area contributed by atoms with E-state index in [0.717, 1.165) is 17.7 Å². The summed E-state index contributed by atoms with van der Waals surface area (Å²) in [5, 5.41) is 4.86. The summed E-state index contributed by atoms with van der Waals surface area (Å²) in [5.41, 5.74) is 1.92. The highest BCUT2D eigenvalue weighted by molar-refractivity contribution is 6.30. The smallest absolute Gasteiger partial charge is 0.237 e. The number of benzene rings is 1. The van der Waals surface area contributed by atoms with Crippen LogP contribution >= 0.6 is 11.6 Å². The van der Waals surface area contributed by atoms with Crippen LogP contribution in [0.3, 0.4) is 0 Å². The molecule has 0 saturated heterocycles. The molecule has 0 saturated carbocycles. The third-order valence-electron chi connectivity index (χ3n) is 2.68. The maximum Gasteiger partial charge on any atom is 0.237 e. The number of hydrogen-bond acceptors (Lipinski definition) is 2. The highest BCUT2D eigenvalue weighted by atomic mass is 35.5. The van der Waals surface area contributed by atoms with Gasteiger partial charge in [0.1, 0.15) is 5.38 Å². The van der Waals surface area contributed by atoms with Gasteiger partial charge < -0.3 is 10.6 Å². The highest BCUT2D eigenvalue weighted by Crippen LogP contribution is 2.15. The van der Waals surface area contributed by atoms with Gasteiger partial charge in [-0.2, -0.15) is 0 Å². The minimum Gasteiger partial charge on any atom is -0.354 e. The Morgan fingerprint density at radius 3 is 2.63 bits per heavy atom. The van der Waals surface area contributed by atoms with E-state index in [1.807, 2.05) is 31.2 Å². The van der Waals surface area contributed by atoms with E-state index in [4.69, 9.17) is 11.6 Å². The van der Waals surface area contributed by atoms with Crippen molar-refractivity contribution in [3.63, 3.8) is 0 Å². The topological polar surface area (TPSA) is 58.2 Å². The number of halogens is 1. The van der Waals surface area contributed by atoms with Gasteiger partial charge in [0.25, 0.3) is 0 Å². The van der Waals surface area contributed by atoms with Gasteiger partial charge in [-0.15, -0.1) is 11.6 Å². The Balaban J connectivity index is 2.41. The first kappa shape index (κ1) is 15.5. The van der Waals surface area contributed by atoms with E-state index < -0.39 is 5.38 Å². The Morgan fingerprint density at radius 2 is 2.00 bits per heavy atom. The number of alkyl halides is 1. The number of carbonyl (C=O) groups excluding carboxylic acids is 2. The van der Waals surface area contributed by atoms with E-state index in [1.165, 1.54) is 0 Å². The lowest BCUT2D eigenvalue weighted by Crippen LogP contribution is -2.32. The van der Waals surface area contributed by atoms with Crippen LogP contribution in [0.25, 0.3) is 0 Å². The Morgan fingerprint density at radius 1 is 1.32 bits per heavy atom. The SMILES string of the molecule is CCc1ccccc1NC(=O)CCNC(=O)[C@H](C)Cl. The standard InChI is InChI=1S/C14H19ClN2O2/c1-3-11-6-4-5-7-12(11)17-13(18)8-9-16-14(19)10(2)15/h4-7,10H,3,8-9H2,1-2H3,(H,16,19)(H,17,18)/t10-/m0/s1. The lowest BCUT2D eigenvalue weighted by molar-refractivity contribution is -0.120. The molecule has 1 aromatic carbocycles. The van der Waals surface area contributed by atoms with E-state index in [1.54, 1.807) is 6.92 Å². The maximum atomic E-state index is 11.7. The Kier molecular flexibility index (Phi) is 6.36. The molecule has 2 amide bonds. The number of nitrogens with one attached hydrogen (secondary N) is 2. The monoisotopic (exact) mass is 282 g/mol. The zero-order valence-corrected chi connectivity index (χ0v) is 12.0. The largest absolute Gasteiger partial charge is 0.354 e. The van der Waals surface area contributed by atoms with Crippen LogP contribution in [0.2, 0.25) is 0 Å². The molecule has 0 aliphatic carbocycles. The zero-order chi connectivity index (χ0) is 14.3. The van der Waals surface area contributed by atoms with Crippen molar-refractivity contribution in [2.24, 2.45) is 0 Å². The molecule has 2 N–H and O–H groups in total. The van der Waals surface area contributed by atoms with Gasteiger partial charge in [0, 0.05) is 18.7 Å². The normalized spacial score (nSPS) is 11.7. The summed E-state index contributed by atoms with van der Waals surface area (Å²) in [6, 6.07) is 7.67. The second-order valence-electron chi connectivity index (χ2n) is 4.22. The van der Waals surface area contributed by atoms with E-state index in [-0.39, 0.29) is 24.8 Å². The van der Waals surface area contributed by atoms with Crippen LogP contribution in [0.1, 0.15) is 25.8 Å². The van der Waals surface area contributed by atoms with Crippen LogP contribution in [0.5, 0.6) is 0 Å². The molecular formula is C14H19ClN2O2. The molecule has 0 spiro atoms. The molecule has 0 unspecified atom stereocenters. The minimum absolute atomic E-state index is 0.122. The number of rotatable bonds is 6. The summed E-state index contributed by atoms with van der Waals surface area (Å²) in [7, 11) is 0. The average Bonchev–Trinajstić information content (AvgIpc) is 2.39. The zero-order valence-electron chi connectivity index (χ0n) is 11.2. The fourth-order valence-corrected chi connectivity index (χ4v) is 1.68. The van der Waals surface area contributed by atoms with Gasteiger partial charge in [0.05, 0.1) is 0 Å². The van der Waals surface area contributed by atoms with Crippen LogP contribution in [0.15, 0.2) is 24.3 Å². The predicted molar refractivity (Wildman–Crippen MR) is 77.4 cm³/mol. The van der Waals surface area contributed by atoms with Gasteiger partial charge in [-0.3, -0.25) is 9.59 Å². The predicted octanol–water partition coefficient (Wildman–Crippen LogP) is 2.32. The van der Waals surface area contributed by atoms with Crippen molar-refractivity contribution in [1.82, 2.24) is 5.32 Å². The fourth-order valence-electron chi connectivity index (χ4n) is 1.60. The summed E-state index contributed by atoms with van der Waals surface area (Å²) in [6.45, 7) is 3.91. The number of anilines is 1. The number of aryl methyl sites for hydroxylation is 1. The fraction of sp³-hybridized carbons (Fsp3) is 0.429. The molecule has 19 heavy (non-hydrogen) atoms. The minimum atomic E-state index is -0.580.